The minimum Gasteiger partial charge on any atom is -0.384 e. The number of likely N-dealkylation sites (N-methyl/N-ethyl adjacent to an activating group) is 1. The van der Waals surface area contributed by atoms with Gasteiger partial charge in [-0.1, -0.05) is 43.5 Å². The van der Waals surface area contributed by atoms with Gasteiger partial charge in [-0.05, 0) is 50.1 Å². The number of amidine groups is 1. The lowest BCUT2D eigenvalue weighted by atomic mass is 9.83. The van der Waals surface area contributed by atoms with Gasteiger partial charge in [0.2, 0.25) is 11.8 Å². The van der Waals surface area contributed by atoms with Crippen molar-refractivity contribution < 1.29 is 19.2 Å². The number of urea groups is 1. The first kappa shape index (κ1) is 30.8. The van der Waals surface area contributed by atoms with Gasteiger partial charge in [-0.3, -0.25) is 24.7 Å². The van der Waals surface area contributed by atoms with Gasteiger partial charge < -0.3 is 27.0 Å². The number of rotatable bonds is 12. The van der Waals surface area contributed by atoms with E-state index in [0.29, 0.717) is 25.1 Å². The Hall–Kier alpha value is -3.47. The molecule has 1 aromatic rings. The van der Waals surface area contributed by atoms with E-state index in [1.54, 1.807) is 38.4 Å². The predicted molar refractivity (Wildman–Crippen MR) is 146 cm³/mol. The molecular formula is C27H43N7O4. The number of benzene rings is 1. The number of nitrogen functional groups attached to an aromatic ring is 1. The van der Waals surface area contributed by atoms with Gasteiger partial charge in [-0.25, -0.2) is 4.79 Å². The number of nitrogens with two attached hydrogens (primary N) is 2. The van der Waals surface area contributed by atoms with Crippen LogP contribution in [0.4, 0.5) is 4.79 Å². The van der Waals surface area contributed by atoms with E-state index in [1.165, 1.54) is 11.9 Å². The molecule has 7 N–H and O–H groups in total. The molecule has 0 aliphatic heterocycles. The highest BCUT2D eigenvalue weighted by atomic mass is 16.2. The Labute approximate surface area is 225 Å². The second-order valence-electron chi connectivity index (χ2n) is 10.1. The van der Waals surface area contributed by atoms with Crippen LogP contribution in [0, 0.1) is 17.2 Å². The summed E-state index contributed by atoms with van der Waals surface area (Å²) in [5.41, 5.74) is 12.3. The molecule has 5 amide bonds. The van der Waals surface area contributed by atoms with E-state index in [0.717, 1.165) is 49.0 Å². The molecule has 0 bridgehead atoms. The van der Waals surface area contributed by atoms with Crippen molar-refractivity contribution in [2.45, 2.75) is 57.4 Å². The summed E-state index contributed by atoms with van der Waals surface area (Å²) in [5, 5.41) is 13.1. The van der Waals surface area contributed by atoms with Gasteiger partial charge in [0.05, 0.1) is 0 Å². The SMILES string of the molecule is CN(C)C(=O)C(Cc1ccc(C(=N)N)cc1)C(=O)N[C@H](C(=O)N(C)C(=O)NCCCCN)C1CCCCC1. The van der Waals surface area contributed by atoms with Crippen molar-refractivity contribution in [3.05, 3.63) is 35.4 Å². The number of hydrogen-bond donors (Lipinski definition) is 5. The van der Waals surface area contributed by atoms with E-state index >= 15 is 0 Å². The molecule has 0 heterocycles. The summed E-state index contributed by atoms with van der Waals surface area (Å²) in [7, 11) is 4.56. The van der Waals surface area contributed by atoms with Gasteiger partial charge in [0.1, 0.15) is 17.8 Å². The third kappa shape index (κ3) is 8.83. The zero-order chi connectivity index (χ0) is 28.2. The molecule has 11 nitrogen and oxygen atoms in total. The fourth-order valence-corrected chi connectivity index (χ4v) is 4.65. The smallest absolute Gasteiger partial charge is 0.323 e. The number of nitrogens with zero attached hydrogens (tertiary/aromatic N) is 2. The molecule has 1 aromatic carbocycles. The molecule has 1 aliphatic rings. The van der Waals surface area contributed by atoms with Crippen LogP contribution in [-0.2, 0) is 20.8 Å². The van der Waals surface area contributed by atoms with Gasteiger partial charge in [-0.15, -0.1) is 0 Å². The quantitative estimate of drug-likeness (QED) is 0.118. The third-order valence-corrected chi connectivity index (χ3v) is 6.99. The fraction of sp³-hybridized carbons (Fsp3) is 0.593. The number of carbonyl (C=O) groups excluding carboxylic acids is 4. The number of carbonyl (C=O) groups is 4. The Morgan fingerprint density at radius 1 is 1.00 bits per heavy atom. The minimum atomic E-state index is -1.07. The molecule has 38 heavy (non-hydrogen) atoms. The maximum absolute atomic E-state index is 13.6. The topological polar surface area (TPSA) is 175 Å². The van der Waals surface area contributed by atoms with E-state index in [2.05, 4.69) is 10.6 Å². The van der Waals surface area contributed by atoms with Crippen LogP contribution in [-0.4, -0.2) is 79.7 Å². The molecule has 1 saturated carbocycles. The van der Waals surface area contributed by atoms with Gasteiger partial charge >= 0.3 is 6.03 Å². The zero-order valence-electron chi connectivity index (χ0n) is 22.8. The standard InChI is InChI=1S/C27H43N7O4/c1-33(2)25(36)21(17-18-11-13-20(14-12-18)23(29)30)24(35)32-22(19-9-5-4-6-10-19)26(37)34(3)27(38)31-16-8-7-15-28/h11-14,19,21-22H,4-10,15-17,28H2,1-3H3,(H3,29,30)(H,31,38)(H,32,35)/t21?,22-/m0/s1. The van der Waals surface area contributed by atoms with Gasteiger partial charge in [0.15, 0.2) is 0 Å². The van der Waals surface area contributed by atoms with E-state index in [1.807, 2.05) is 0 Å². The average Bonchev–Trinajstić information content (AvgIpc) is 2.91. The van der Waals surface area contributed by atoms with Crippen molar-refractivity contribution in [3.8, 4) is 0 Å². The highest BCUT2D eigenvalue weighted by Gasteiger charge is 2.38. The number of nitrogens with one attached hydrogen (secondary N) is 3. The fourth-order valence-electron chi connectivity index (χ4n) is 4.65. The second-order valence-corrected chi connectivity index (χ2v) is 10.1. The second kappa shape index (κ2) is 15.1. The summed E-state index contributed by atoms with van der Waals surface area (Å²) >= 11 is 0. The molecule has 210 valence electrons. The van der Waals surface area contributed by atoms with Crippen LogP contribution in [0.1, 0.15) is 56.1 Å². The summed E-state index contributed by atoms with van der Waals surface area (Å²) in [6.07, 6.45) is 6.00. The largest absolute Gasteiger partial charge is 0.384 e. The van der Waals surface area contributed by atoms with E-state index in [-0.39, 0.29) is 24.1 Å². The molecule has 2 rings (SSSR count). The Morgan fingerprint density at radius 2 is 1.63 bits per heavy atom. The first-order valence-electron chi connectivity index (χ1n) is 13.3. The van der Waals surface area contributed by atoms with Crippen molar-refractivity contribution in [1.82, 2.24) is 20.4 Å². The highest BCUT2D eigenvalue weighted by molar-refractivity contribution is 6.03. The first-order chi connectivity index (χ1) is 18.1. The monoisotopic (exact) mass is 529 g/mol. The normalized spacial score (nSPS) is 15.2. The molecule has 0 saturated heterocycles. The van der Waals surface area contributed by atoms with Crippen molar-refractivity contribution in [2.75, 3.05) is 34.2 Å². The molecule has 2 atom stereocenters. The van der Waals surface area contributed by atoms with Crippen molar-refractivity contribution in [1.29, 1.82) is 5.41 Å². The Balaban J connectivity index is 2.24. The number of hydrogen-bond acceptors (Lipinski definition) is 6. The third-order valence-electron chi connectivity index (χ3n) is 6.99. The molecular weight excluding hydrogens is 486 g/mol. The lowest BCUT2D eigenvalue weighted by Crippen LogP contribution is -2.56. The van der Waals surface area contributed by atoms with E-state index < -0.39 is 29.8 Å². The Bertz CT molecular complexity index is 974. The first-order valence-corrected chi connectivity index (χ1v) is 13.3. The number of unbranched alkanes of at least 4 members (excludes halogenated alkanes) is 1. The van der Waals surface area contributed by atoms with Gasteiger partial charge in [0, 0.05) is 33.3 Å². The Kier molecular flexibility index (Phi) is 12.2. The van der Waals surface area contributed by atoms with Crippen LogP contribution < -0.4 is 22.1 Å². The predicted octanol–water partition coefficient (Wildman–Crippen LogP) is 1.19. The molecule has 0 aromatic heterocycles. The average molecular weight is 530 g/mol. The summed E-state index contributed by atoms with van der Waals surface area (Å²) in [5.74, 6) is -2.71. The lowest BCUT2D eigenvalue weighted by molar-refractivity contribution is -0.143. The maximum Gasteiger partial charge on any atom is 0.323 e. The van der Waals surface area contributed by atoms with Crippen LogP contribution in [0.2, 0.25) is 0 Å². The van der Waals surface area contributed by atoms with E-state index in [9.17, 15) is 19.2 Å². The summed E-state index contributed by atoms with van der Waals surface area (Å²) < 4.78 is 0. The van der Waals surface area contributed by atoms with Crippen LogP contribution in [0.5, 0.6) is 0 Å². The van der Waals surface area contributed by atoms with Crippen molar-refractivity contribution >= 4 is 29.6 Å². The van der Waals surface area contributed by atoms with Crippen LogP contribution in [0.3, 0.4) is 0 Å². The lowest BCUT2D eigenvalue weighted by Gasteiger charge is -2.33. The molecule has 1 fully saturated rings. The van der Waals surface area contributed by atoms with Crippen LogP contribution >= 0.6 is 0 Å². The number of amides is 5. The molecule has 0 radical (unpaired) electrons. The van der Waals surface area contributed by atoms with Crippen molar-refractivity contribution in [2.24, 2.45) is 23.3 Å². The summed E-state index contributed by atoms with van der Waals surface area (Å²) in [6.45, 7) is 0.921. The van der Waals surface area contributed by atoms with Gasteiger partial charge in [0.25, 0.3) is 5.91 Å². The summed E-state index contributed by atoms with van der Waals surface area (Å²) in [4.78, 5) is 55.1. The van der Waals surface area contributed by atoms with Crippen molar-refractivity contribution in [3.63, 3.8) is 0 Å². The molecule has 0 spiro atoms. The molecule has 11 heteroatoms. The maximum atomic E-state index is 13.6. The van der Waals surface area contributed by atoms with Gasteiger partial charge in [-0.2, -0.15) is 0 Å². The molecule has 1 aliphatic carbocycles. The Morgan fingerprint density at radius 3 is 2.18 bits per heavy atom. The van der Waals surface area contributed by atoms with Crippen LogP contribution in [0.15, 0.2) is 24.3 Å². The minimum absolute atomic E-state index is 0.0726. The number of imide groups is 1. The zero-order valence-corrected chi connectivity index (χ0v) is 22.8. The van der Waals surface area contributed by atoms with Crippen LogP contribution in [0.25, 0.3) is 0 Å². The summed E-state index contributed by atoms with van der Waals surface area (Å²) in [6, 6.07) is 5.34. The highest BCUT2D eigenvalue weighted by Crippen LogP contribution is 2.28. The molecule has 1 unspecified atom stereocenters. The van der Waals surface area contributed by atoms with E-state index in [4.69, 9.17) is 16.9 Å².